The predicted molar refractivity (Wildman–Crippen MR) is 98.5 cm³/mol. The van der Waals surface area contributed by atoms with Crippen LogP contribution in [0.15, 0.2) is 52.1 Å². The van der Waals surface area contributed by atoms with Crippen molar-refractivity contribution in [2.75, 3.05) is 13.2 Å². The van der Waals surface area contributed by atoms with Gasteiger partial charge in [0.15, 0.2) is 0 Å². The smallest absolute Gasteiger partial charge is 0.338 e. The maximum atomic E-state index is 12.6. The lowest BCUT2D eigenvalue weighted by atomic mass is 10.0. The monoisotopic (exact) mass is 390 g/mol. The molecule has 0 spiro atoms. The quantitative estimate of drug-likeness (QED) is 0.737. The Morgan fingerprint density at radius 3 is 2.59 bits per heavy atom. The van der Waals surface area contributed by atoms with Crippen molar-refractivity contribution in [3.63, 3.8) is 0 Å². The number of carbonyl (C=O) groups excluding carboxylic acids is 2. The third kappa shape index (κ3) is 4.43. The molecule has 1 aromatic heterocycles. The van der Waals surface area contributed by atoms with Crippen molar-refractivity contribution >= 4 is 23.6 Å². The maximum absolute atomic E-state index is 12.6. The Labute approximate surface area is 161 Å². The minimum absolute atomic E-state index is 0.0284. The fourth-order valence-electron chi connectivity index (χ4n) is 2.69. The van der Waals surface area contributed by atoms with Gasteiger partial charge in [-0.15, -0.1) is 0 Å². The van der Waals surface area contributed by atoms with E-state index >= 15 is 0 Å². The summed E-state index contributed by atoms with van der Waals surface area (Å²) < 4.78 is 16.5. The molecule has 2 amide bonds. The molecule has 0 saturated heterocycles. The van der Waals surface area contributed by atoms with Crippen molar-refractivity contribution in [2.45, 2.75) is 19.9 Å². The van der Waals surface area contributed by atoms with Crippen molar-refractivity contribution in [2.24, 2.45) is 0 Å². The number of halogens is 1. The number of aryl methyl sites for hydroxylation is 1. The molecule has 0 saturated carbocycles. The number of rotatable bonds is 6. The molecule has 1 aliphatic rings. The minimum Gasteiger partial charge on any atom is -0.487 e. The summed E-state index contributed by atoms with van der Waals surface area (Å²) in [5.74, 6) is 1.10. The van der Waals surface area contributed by atoms with Crippen LogP contribution in [0.25, 0.3) is 0 Å². The van der Waals surface area contributed by atoms with E-state index in [9.17, 15) is 9.59 Å². The number of esters is 1. The third-order valence-electron chi connectivity index (χ3n) is 3.89. The minimum atomic E-state index is -0.768. The van der Waals surface area contributed by atoms with Gasteiger partial charge in [-0.1, -0.05) is 11.6 Å². The molecule has 7 nitrogen and oxygen atoms in total. The Morgan fingerprint density at radius 1 is 1.22 bits per heavy atom. The second kappa shape index (κ2) is 8.18. The van der Waals surface area contributed by atoms with Crippen LogP contribution < -0.4 is 15.4 Å². The lowest BCUT2D eigenvalue weighted by molar-refractivity contribution is -0.139. The highest BCUT2D eigenvalue weighted by atomic mass is 35.5. The van der Waals surface area contributed by atoms with Crippen LogP contribution in [0.2, 0.25) is 5.02 Å². The van der Waals surface area contributed by atoms with E-state index in [2.05, 4.69) is 10.6 Å². The zero-order chi connectivity index (χ0) is 19.4. The molecule has 0 unspecified atom stereocenters. The molecule has 1 aliphatic heterocycles. The van der Waals surface area contributed by atoms with Crippen molar-refractivity contribution in [3.8, 4) is 5.75 Å². The lowest BCUT2D eigenvalue weighted by Gasteiger charge is -2.27. The number of hydrogen-bond donors (Lipinski definition) is 2. The Morgan fingerprint density at radius 2 is 1.96 bits per heavy atom. The van der Waals surface area contributed by atoms with Crippen LogP contribution in [0.5, 0.6) is 5.75 Å². The van der Waals surface area contributed by atoms with Gasteiger partial charge >= 0.3 is 12.0 Å². The van der Waals surface area contributed by atoms with Crippen LogP contribution in [-0.4, -0.2) is 25.2 Å². The highest BCUT2D eigenvalue weighted by Crippen LogP contribution is 2.29. The summed E-state index contributed by atoms with van der Waals surface area (Å²) in [6.45, 7) is 3.67. The summed E-state index contributed by atoms with van der Waals surface area (Å²) in [5, 5.41) is 5.91. The topological polar surface area (TPSA) is 89.8 Å². The van der Waals surface area contributed by atoms with E-state index < -0.39 is 18.0 Å². The Kier molecular flexibility index (Phi) is 5.71. The first-order chi connectivity index (χ1) is 13.0. The lowest BCUT2D eigenvalue weighted by Crippen LogP contribution is -2.47. The van der Waals surface area contributed by atoms with Crippen molar-refractivity contribution in [1.29, 1.82) is 0 Å². The average Bonchev–Trinajstić information content (AvgIpc) is 3.07. The summed E-state index contributed by atoms with van der Waals surface area (Å²) in [5.41, 5.74) is 0.547. The second-order valence-corrected chi connectivity index (χ2v) is 6.27. The molecule has 0 bridgehead atoms. The van der Waals surface area contributed by atoms with Crippen LogP contribution in [0.3, 0.4) is 0 Å². The molecule has 0 fully saturated rings. The van der Waals surface area contributed by atoms with Gasteiger partial charge in [0.05, 0.1) is 17.9 Å². The number of nitrogens with one attached hydrogen (secondary N) is 2. The molecule has 27 heavy (non-hydrogen) atoms. The first-order valence-electron chi connectivity index (χ1n) is 8.40. The number of amides is 2. The zero-order valence-corrected chi connectivity index (χ0v) is 15.6. The van der Waals surface area contributed by atoms with E-state index in [-0.39, 0.29) is 18.8 Å². The molecule has 142 valence electrons. The Balaban J connectivity index is 1.93. The first kappa shape index (κ1) is 18.8. The number of furan rings is 1. The van der Waals surface area contributed by atoms with E-state index in [0.717, 1.165) is 0 Å². The van der Waals surface area contributed by atoms with Gasteiger partial charge in [0, 0.05) is 5.02 Å². The highest BCUT2D eigenvalue weighted by Gasteiger charge is 2.35. The largest absolute Gasteiger partial charge is 0.487 e. The van der Waals surface area contributed by atoms with E-state index in [1.807, 2.05) is 0 Å². The summed E-state index contributed by atoms with van der Waals surface area (Å²) in [7, 11) is 0. The van der Waals surface area contributed by atoms with Gasteiger partial charge in [-0.25, -0.2) is 9.59 Å². The van der Waals surface area contributed by atoms with Gasteiger partial charge in [-0.2, -0.15) is 0 Å². The van der Waals surface area contributed by atoms with Crippen molar-refractivity contribution in [1.82, 2.24) is 10.6 Å². The molecule has 0 aliphatic carbocycles. The summed E-state index contributed by atoms with van der Waals surface area (Å²) in [6, 6.07) is 9.01. The fourth-order valence-corrected chi connectivity index (χ4v) is 2.82. The van der Waals surface area contributed by atoms with E-state index in [0.29, 0.717) is 28.0 Å². The van der Waals surface area contributed by atoms with Crippen LogP contribution in [0.4, 0.5) is 4.79 Å². The van der Waals surface area contributed by atoms with E-state index in [1.54, 1.807) is 50.2 Å². The summed E-state index contributed by atoms with van der Waals surface area (Å²) in [4.78, 5) is 24.7. The molecule has 0 radical (unpaired) electrons. The molecule has 2 aromatic rings. The van der Waals surface area contributed by atoms with Crippen molar-refractivity contribution < 1.29 is 23.5 Å². The summed E-state index contributed by atoms with van der Waals surface area (Å²) >= 11 is 5.87. The molecule has 1 atom stereocenters. The van der Waals surface area contributed by atoms with Crippen molar-refractivity contribution in [3.05, 3.63) is 64.2 Å². The first-order valence-corrected chi connectivity index (χ1v) is 8.78. The van der Waals surface area contributed by atoms with Gasteiger partial charge in [0.1, 0.15) is 29.9 Å². The van der Waals surface area contributed by atoms with Gasteiger partial charge < -0.3 is 24.5 Å². The number of ether oxygens (including phenoxy) is 2. The standard InChI is InChI=1S/C19H19ClN2O5/c1-3-25-18(23)16-14(10-26-13-7-5-12(20)6-8-13)21-19(24)22-17(16)15-9-4-11(2)27-15/h4-9,17H,3,10H2,1-2H3,(H2,21,22,24)/t17-/m0/s1. The Bertz CT molecular complexity index is 872. The summed E-state index contributed by atoms with van der Waals surface area (Å²) in [6.07, 6.45) is 0. The SMILES string of the molecule is CCOC(=O)C1=C(COc2ccc(Cl)cc2)NC(=O)N[C@H]1c1ccc(C)o1. The fraction of sp³-hybridized carbons (Fsp3) is 0.263. The zero-order valence-electron chi connectivity index (χ0n) is 14.9. The molecule has 2 N–H and O–H groups in total. The molecular formula is C19H19ClN2O5. The van der Waals surface area contributed by atoms with Gasteiger partial charge in [0.2, 0.25) is 0 Å². The predicted octanol–water partition coefficient (Wildman–Crippen LogP) is 3.49. The van der Waals surface area contributed by atoms with Crippen LogP contribution in [-0.2, 0) is 9.53 Å². The van der Waals surface area contributed by atoms with E-state index in [4.69, 9.17) is 25.5 Å². The van der Waals surface area contributed by atoms with E-state index in [1.165, 1.54) is 0 Å². The molecule has 1 aromatic carbocycles. The van der Waals surface area contributed by atoms with Crippen LogP contribution in [0, 0.1) is 6.92 Å². The number of carbonyl (C=O) groups is 2. The van der Waals surface area contributed by atoms with Gasteiger partial charge in [-0.05, 0) is 50.2 Å². The number of urea groups is 1. The van der Waals surface area contributed by atoms with Crippen LogP contribution >= 0.6 is 11.6 Å². The van der Waals surface area contributed by atoms with Gasteiger partial charge in [0.25, 0.3) is 0 Å². The normalized spacial score (nSPS) is 16.6. The average molecular weight is 391 g/mol. The third-order valence-corrected chi connectivity index (χ3v) is 4.14. The Hall–Kier alpha value is -2.93. The number of benzene rings is 1. The van der Waals surface area contributed by atoms with Gasteiger partial charge in [-0.3, -0.25) is 0 Å². The molecule has 8 heteroatoms. The maximum Gasteiger partial charge on any atom is 0.338 e. The second-order valence-electron chi connectivity index (χ2n) is 5.84. The highest BCUT2D eigenvalue weighted by molar-refractivity contribution is 6.30. The van der Waals surface area contributed by atoms with Crippen LogP contribution in [0.1, 0.15) is 24.5 Å². The molecule has 3 rings (SSSR count). The molecule has 2 heterocycles. The molecular weight excluding hydrogens is 372 g/mol. The number of hydrogen-bond acceptors (Lipinski definition) is 5.